The smallest absolute Gasteiger partial charge is 0.339 e. The van der Waals surface area contributed by atoms with Gasteiger partial charge in [0.15, 0.2) is 0 Å². The molecule has 0 aromatic heterocycles. The van der Waals surface area contributed by atoms with Gasteiger partial charge >= 0.3 is 11.9 Å². The Kier molecular flexibility index (Phi) is 7.64. The van der Waals surface area contributed by atoms with E-state index in [1.165, 1.54) is 0 Å². The SMILES string of the molecule is CCCC(C)C(CC)OC(=O)c1ccccc1C(=O)OCC. The van der Waals surface area contributed by atoms with Gasteiger partial charge in [0.05, 0.1) is 17.7 Å². The molecule has 4 heteroatoms. The van der Waals surface area contributed by atoms with Gasteiger partial charge in [0, 0.05) is 0 Å². The summed E-state index contributed by atoms with van der Waals surface area (Å²) in [5.74, 6) is -0.656. The third-order valence-electron chi connectivity index (χ3n) is 3.68. The largest absolute Gasteiger partial charge is 0.462 e. The summed E-state index contributed by atoms with van der Waals surface area (Å²) in [6.07, 6.45) is 2.68. The predicted octanol–water partition coefficient (Wildman–Crippen LogP) is 4.23. The minimum Gasteiger partial charge on any atom is -0.462 e. The molecule has 0 N–H and O–H groups in total. The summed E-state index contributed by atoms with van der Waals surface area (Å²) in [7, 11) is 0. The summed E-state index contributed by atoms with van der Waals surface area (Å²) in [4.78, 5) is 24.4. The number of carbonyl (C=O) groups excluding carboxylic acids is 2. The number of esters is 2. The van der Waals surface area contributed by atoms with E-state index < -0.39 is 11.9 Å². The fourth-order valence-electron chi connectivity index (χ4n) is 2.49. The quantitative estimate of drug-likeness (QED) is 0.674. The number of hydrogen-bond donors (Lipinski definition) is 0. The molecule has 1 rings (SSSR count). The fourth-order valence-corrected chi connectivity index (χ4v) is 2.49. The van der Waals surface area contributed by atoms with Crippen LogP contribution in [-0.2, 0) is 9.47 Å². The predicted molar refractivity (Wildman–Crippen MR) is 86.0 cm³/mol. The lowest BCUT2D eigenvalue weighted by atomic mass is 9.97. The molecule has 1 aromatic carbocycles. The third-order valence-corrected chi connectivity index (χ3v) is 3.68. The highest BCUT2D eigenvalue weighted by Crippen LogP contribution is 2.20. The van der Waals surface area contributed by atoms with Crippen LogP contribution in [0.3, 0.4) is 0 Å². The molecule has 0 saturated carbocycles. The van der Waals surface area contributed by atoms with Gasteiger partial charge in [0.2, 0.25) is 0 Å². The number of hydrogen-bond acceptors (Lipinski definition) is 4. The van der Waals surface area contributed by atoms with Crippen molar-refractivity contribution in [3.63, 3.8) is 0 Å². The Bertz CT molecular complexity index is 496. The highest BCUT2D eigenvalue weighted by Gasteiger charge is 2.23. The zero-order valence-electron chi connectivity index (χ0n) is 13.9. The first-order valence-electron chi connectivity index (χ1n) is 8.02. The van der Waals surface area contributed by atoms with Crippen molar-refractivity contribution in [2.45, 2.75) is 53.1 Å². The molecular weight excluding hydrogens is 280 g/mol. The van der Waals surface area contributed by atoms with Gasteiger partial charge < -0.3 is 9.47 Å². The van der Waals surface area contributed by atoms with Crippen molar-refractivity contribution in [2.24, 2.45) is 5.92 Å². The molecule has 0 aliphatic rings. The molecule has 0 radical (unpaired) electrons. The standard InChI is InChI=1S/C18H26O4/c1-5-10-13(4)16(6-2)22-18(20)15-12-9-8-11-14(15)17(19)21-7-3/h8-9,11-13,16H,5-7,10H2,1-4H3. The molecular formula is C18H26O4. The van der Waals surface area contributed by atoms with E-state index in [0.29, 0.717) is 5.92 Å². The van der Waals surface area contributed by atoms with Crippen LogP contribution in [-0.4, -0.2) is 24.6 Å². The van der Waals surface area contributed by atoms with Crippen LogP contribution in [0.1, 0.15) is 67.7 Å². The lowest BCUT2D eigenvalue weighted by Crippen LogP contribution is -2.25. The van der Waals surface area contributed by atoms with Crippen LogP contribution in [0.2, 0.25) is 0 Å². The normalized spacial score (nSPS) is 13.3. The van der Waals surface area contributed by atoms with E-state index in [-0.39, 0.29) is 23.8 Å². The Morgan fingerprint density at radius 1 is 1.05 bits per heavy atom. The van der Waals surface area contributed by atoms with Crippen molar-refractivity contribution in [2.75, 3.05) is 6.61 Å². The second kappa shape index (κ2) is 9.23. The van der Waals surface area contributed by atoms with Crippen molar-refractivity contribution in [1.82, 2.24) is 0 Å². The Morgan fingerprint density at radius 2 is 1.64 bits per heavy atom. The maximum atomic E-state index is 12.4. The number of benzene rings is 1. The molecule has 1 aromatic rings. The number of rotatable bonds is 8. The molecule has 0 fully saturated rings. The van der Waals surface area contributed by atoms with Crippen LogP contribution in [0.15, 0.2) is 24.3 Å². The Balaban J connectivity index is 2.91. The molecule has 0 bridgehead atoms. The van der Waals surface area contributed by atoms with Gasteiger partial charge in [0.1, 0.15) is 6.10 Å². The zero-order valence-corrected chi connectivity index (χ0v) is 13.9. The van der Waals surface area contributed by atoms with Gasteiger partial charge in [-0.2, -0.15) is 0 Å². The molecule has 0 heterocycles. The minimum atomic E-state index is -0.496. The van der Waals surface area contributed by atoms with Crippen LogP contribution in [0.5, 0.6) is 0 Å². The Morgan fingerprint density at radius 3 is 2.14 bits per heavy atom. The van der Waals surface area contributed by atoms with Gasteiger partial charge in [-0.05, 0) is 37.8 Å². The van der Waals surface area contributed by atoms with Gasteiger partial charge in [-0.15, -0.1) is 0 Å². The third kappa shape index (κ3) is 4.86. The molecule has 22 heavy (non-hydrogen) atoms. The summed E-state index contributed by atoms with van der Waals surface area (Å²) in [5.41, 5.74) is 0.524. The van der Waals surface area contributed by atoms with E-state index in [1.807, 2.05) is 6.92 Å². The topological polar surface area (TPSA) is 52.6 Å². The van der Waals surface area contributed by atoms with Crippen molar-refractivity contribution >= 4 is 11.9 Å². The maximum Gasteiger partial charge on any atom is 0.339 e. The molecule has 2 atom stereocenters. The van der Waals surface area contributed by atoms with Crippen LogP contribution in [0, 0.1) is 5.92 Å². The Labute approximate surface area is 132 Å². The lowest BCUT2D eigenvalue weighted by Gasteiger charge is -2.23. The Hall–Kier alpha value is -1.84. The van der Waals surface area contributed by atoms with Gasteiger partial charge in [-0.3, -0.25) is 0 Å². The van der Waals surface area contributed by atoms with Crippen LogP contribution >= 0.6 is 0 Å². The van der Waals surface area contributed by atoms with Crippen molar-refractivity contribution in [3.8, 4) is 0 Å². The molecule has 0 saturated heterocycles. The van der Waals surface area contributed by atoms with Crippen molar-refractivity contribution in [1.29, 1.82) is 0 Å². The second-order valence-electron chi connectivity index (χ2n) is 5.38. The van der Waals surface area contributed by atoms with Crippen LogP contribution < -0.4 is 0 Å². The van der Waals surface area contributed by atoms with Crippen molar-refractivity contribution in [3.05, 3.63) is 35.4 Å². The maximum absolute atomic E-state index is 12.4. The zero-order chi connectivity index (χ0) is 16.5. The summed E-state index contributed by atoms with van der Waals surface area (Å²) in [6, 6.07) is 6.62. The molecule has 122 valence electrons. The van der Waals surface area contributed by atoms with Crippen LogP contribution in [0.4, 0.5) is 0 Å². The highest BCUT2D eigenvalue weighted by molar-refractivity contribution is 6.03. The summed E-state index contributed by atoms with van der Waals surface area (Å²) < 4.78 is 10.6. The lowest BCUT2D eigenvalue weighted by molar-refractivity contribution is 0.0132. The number of carbonyl (C=O) groups is 2. The molecule has 0 aliphatic heterocycles. The first-order valence-corrected chi connectivity index (χ1v) is 8.02. The van der Waals surface area contributed by atoms with Crippen molar-refractivity contribution < 1.29 is 19.1 Å². The molecule has 2 unspecified atom stereocenters. The summed E-state index contributed by atoms with van der Waals surface area (Å²) >= 11 is 0. The average molecular weight is 306 g/mol. The van der Waals surface area contributed by atoms with E-state index >= 15 is 0 Å². The van der Waals surface area contributed by atoms with E-state index in [4.69, 9.17) is 9.47 Å². The number of ether oxygens (including phenoxy) is 2. The van der Waals surface area contributed by atoms with E-state index in [2.05, 4.69) is 13.8 Å². The van der Waals surface area contributed by atoms with E-state index in [9.17, 15) is 9.59 Å². The second-order valence-corrected chi connectivity index (χ2v) is 5.38. The summed E-state index contributed by atoms with van der Waals surface area (Å²) in [6.45, 7) is 8.20. The molecule has 0 spiro atoms. The van der Waals surface area contributed by atoms with Crippen LogP contribution in [0.25, 0.3) is 0 Å². The first kappa shape index (κ1) is 18.2. The minimum absolute atomic E-state index is 0.136. The first-order chi connectivity index (χ1) is 10.5. The summed E-state index contributed by atoms with van der Waals surface area (Å²) in [5, 5.41) is 0. The highest BCUT2D eigenvalue weighted by atomic mass is 16.5. The van der Waals surface area contributed by atoms with Gasteiger partial charge in [-0.25, -0.2) is 9.59 Å². The van der Waals surface area contributed by atoms with E-state index in [1.54, 1.807) is 31.2 Å². The van der Waals surface area contributed by atoms with Gasteiger partial charge in [0.25, 0.3) is 0 Å². The van der Waals surface area contributed by atoms with E-state index in [0.717, 1.165) is 19.3 Å². The molecule has 0 amide bonds. The monoisotopic (exact) mass is 306 g/mol. The average Bonchev–Trinajstić information content (AvgIpc) is 2.52. The molecule has 0 aliphatic carbocycles. The molecule has 4 nitrogen and oxygen atoms in total. The fraction of sp³-hybridized carbons (Fsp3) is 0.556. The van der Waals surface area contributed by atoms with Gasteiger partial charge in [-0.1, -0.05) is 39.3 Å².